The minimum Gasteiger partial charge on any atom is -0.487 e. The van der Waals surface area contributed by atoms with E-state index in [9.17, 15) is 19.7 Å². The molecule has 2 rings (SSSR count). The number of nitro benzene ring substituents is 1. The van der Waals surface area contributed by atoms with E-state index in [2.05, 4.69) is 0 Å². The predicted octanol–water partition coefficient (Wildman–Crippen LogP) is 2.19. The van der Waals surface area contributed by atoms with Crippen molar-refractivity contribution in [2.24, 2.45) is 0 Å². The second-order valence-electron chi connectivity index (χ2n) is 5.12. The molecule has 1 fully saturated rings. The first-order valence-electron chi connectivity index (χ1n) is 7.25. The van der Waals surface area contributed by atoms with Gasteiger partial charge in [0.05, 0.1) is 11.5 Å². The third-order valence-electron chi connectivity index (χ3n) is 3.47. The molecule has 1 amide bonds. The van der Waals surface area contributed by atoms with E-state index < -0.39 is 4.92 Å². The van der Waals surface area contributed by atoms with Crippen LogP contribution in [0.2, 0.25) is 0 Å². The van der Waals surface area contributed by atoms with E-state index in [-0.39, 0.29) is 28.7 Å². The van der Waals surface area contributed by atoms with E-state index in [1.54, 1.807) is 4.90 Å². The third-order valence-corrected chi connectivity index (χ3v) is 3.47. The van der Waals surface area contributed by atoms with Crippen molar-refractivity contribution in [2.45, 2.75) is 26.2 Å². The van der Waals surface area contributed by atoms with Crippen molar-refractivity contribution in [1.29, 1.82) is 0 Å². The molecular formula is C15H18N2O5. The molecule has 0 N–H and O–H groups in total. The number of ketones is 1. The fourth-order valence-electron chi connectivity index (χ4n) is 2.27. The summed E-state index contributed by atoms with van der Waals surface area (Å²) in [6.07, 6.45) is 1.41. The molecule has 1 aromatic rings. The van der Waals surface area contributed by atoms with Gasteiger partial charge in [-0.3, -0.25) is 19.7 Å². The molecule has 0 aliphatic carbocycles. The normalized spacial score (nSPS) is 14.8. The molecule has 0 bridgehead atoms. The van der Waals surface area contributed by atoms with E-state index in [4.69, 9.17) is 4.74 Å². The highest BCUT2D eigenvalue weighted by Crippen LogP contribution is 2.29. The third kappa shape index (κ3) is 3.60. The summed E-state index contributed by atoms with van der Waals surface area (Å²) in [5.74, 6) is 0.00760. The summed E-state index contributed by atoms with van der Waals surface area (Å²) >= 11 is 0. The Balaban J connectivity index is 2.20. The first kappa shape index (κ1) is 15.9. The van der Waals surface area contributed by atoms with Crippen molar-refractivity contribution >= 4 is 17.4 Å². The standard InChI is InChI=1S/C15H18N2O5/c1-2-9-22-14-4-3-11(10-13(14)17(20)21)15(19)16-7-5-12(18)6-8-16/h3-4,10H,2,5-9H2,1H3. The fraction of sp³-hybridized carbons (Fsp3) is 0.467. The SMILES string of the molecule is CCCOc1ccc(C(=O)N2CCC(=O)CC2)cc1[N+](=O)[O-]. The number of carbonyl (C=O) groups is 2. The number of hydrogen-bond donors (Lipinski definition) is 0. The van der Waals surface area contributed by atoms with Gasteiger partial charge in [-0.15, -0.1) is 0 Å². The maximum Gasteiger partial charge on any atom is 0.311 e. The minimum absolute atomic E-state index is 0.137. The van der Waals surface area contributed by atoms with Crippen molar-refractivity contribution in [3.63, 3.8) is 0 Å². The summed E-state index contributed by atoms with van der Waals surface area (Å²) in [6.45, 7) is 3.00. The summed E-state index contributed by atoms with van der Waals surface area (Å²) in [5, 5.41) is 11.1. The molecule has 7 nitrogen and oxygen atoms in total. The number of amides is 1. The molecule has 0 saturated carbocycles. The first-order chi connectivity index (χ1) is 10.5. The number of Topliss-reactive ketones (excluding diaryl/α,β-unsaturated/α-hetero) is 1. The Morgan fingerprint density at radius 1 is 1.36 bits per heavy atom. The summed E-state index contributed by atoms with van der Waals surface area (Å²) in [6, 6.07) is 4.22. The van der Waals surface area contributed by atoms with Gasteiger partial charge in [0.25, 0.3) is 5.91 Å². The molecule has 7 heteroatoms. The van der Waals surface area contributed by atoms with Crippen LogP contribution >= 0.6 is 0 Å². The largest absolute Gasteiger partial charge is 0.487 e. The van der Waals surface area contributed by atoms with E-state index in [1.807, 2.05) is 6.92 Å². The molecule has 0 atom stereocenters. The number of carbonyl (C=O) groups excluding carboxylic acids is 2. The van der Waals surface area contributed by atoms with Crippen LogP contribution in [-0.2, 0) is 4.79 Å². The molecule has 1 saturated heterocycles. The molecule has 0 radical (unpaired) electrons. The average Bonchev–Trinajstić information content (AvgIpc) is 2.52. The van der Waals surface area contributed by atoms with Crippen LogP contribution in [-0.4, -0.2) is 41.2 Å². The second kappa shape index (κ2) is 7.02. The number of ether oxygens (including phenoxy) is 1. The highest BCUT2D eigenvalue weighted by Gasteiger charge is 2.24. The zero-order valence-electron chi connectivity index (χ0n) is 12.4. The van der Waals surface area contributed by atoms with Gasteiger partial charge >= 0.3 is 5.69 Å². The van der Waals surface area contributed by atoms with Crippen LogP contribution in [0.3, 0.4) is 0 Å². The second-order valence-corrected chi connectivity index (χ2v) is 5.12. The Bertz CT molecular complexity index is 590. The lowest BCUT2D eigenvalue weighted by Gasteiger charge is -2.26. The molecular weight excluding hydrogens is 288 g/mol. The number of benzene rings is 1. The molecule has 1 heterocycles. The molecule has 118 valence electrons. The smallest absolute Gasteiger partial charge is 0.311 e. The number of piperidine rings is 1. The van der Waals surface area contributed by atoms with Gasteiger partial charge in [-0.2, -0.15) is 0 Å². The van der Waals surface area contributed by atoms with Gasteiger partial charge in [-0.05, 0) is 18.6 Å². The number of nitro groups is 1. The van der Waals surface area contributed by atoms with Crippen LogP contribution in [0, 0.1) is 10.1 Å². The zero-order valence-corrected chi connectivity index (χ0v) is 12.4. The van der Waals surface area contributed by atoms with Crippen LogP contribution in [0.25, 0.3) is 0 Å². The van der Waals surface area contributed by atoms with E-state index >= 15 is 0 Å². The number of hydrogen-bond acceptors (Lipinski definition) is 5. The lowest BCUT2D eigenvalue weighted by Crippen LogP contribution is -2.38. The van der Waals surface area contributed by atoms with Crippen molar-refractivity contribution in [1.82, 2.24) is 4.90 Å². The van der Waals surface area contributed by atoms with E-state index in [0.717, 1.165) is 6.42 Å². The Morgan fingerprint density at radius 3 is 2.64 bits per heavy atom. The molecule has 1 aliphatic rings. The van der Waals surface area contributed by atoms with Crippen LogP contribution < -0.4 is 4.74 Å². The van der Waals surface area contributed by atoms with Crippen LogP contribution in [0.1, 0.15) is 36.5 Å². The van der Waals surface area contributed by atoms with Gasteiger partial charge in [-0.1, -0.05) is 6.92 Å². The zero-order chi connectivity index (χ0) is 16.1. The molecule has 0 spiro atoms. The number of rotatable bonds is 5. The Morgan fingerprint density at radius 2 is 2.05 bits per heavy atom. The minimum atomic E-state index is -0.554. The lowest BCUT2D eigenvalue weighted by atomic mass is 10.1. The maximum atomic E-state index is 12.4. The highest BCUT2D eigenvalue weighted by molar-refractivity contribution is 5.96. The monoisotopic (exact) mass is 306 g/mol. The van der Waals surface area contributed by atoms with Gasteiger partial charge in [0.15, 0.2) is 5.75 Å². The van der Waals surface area contributed by atoms with Gasteiger partial charge in [0.1, 0.15) is 5.78 Å². The van der Waals surface area contributed by atoms with Crippen LogP contribution in [0.15, 0.2) is 18.2 Å². The number of likely N-dealkylation sites (tertiary alicyclic amines) is 1. The Hall–Kier alpha value is -2.44. The summed E-state index contributed by atoms with van der Waals surface area (Å²) in [4.78, 5) is 35.7. The summed E-state index contributed by atoms with van der Waals surface area (Å²) < 4.78 is 5.33. The van der Waals surface area contributed by atoms with Gasteiger partial charge in [0.2, 0.25) is 0 Å². The van der Waals surface area contributed by atoms with Gasteiger partial charge in [0, 0.05) is 37.6 Å². The first-order valence-corrected chi connectivity index (χ1v) is 7.25. The van der Waals surface area contributed by atoms with Gasteiger partial charge in [-0.25, -0.2) is 0 Å². The Labute approximate surface area is 128 Å². The van der Waals surface area contributed by atoms with E-state index in [1.165, 1.54) is 18.2 Å². The van der Waals surface area contributed by atoms with Crippen molar-refractivity contribution < 1.29 is 19.2 Å². The average molecular weight is 306 g/mol. The van der Waals surface area contributed by atoms with Crippen molar-refractivity contribution in [3.05, 3.63) is 33.9 Å². The van der Waals surface area contributed by atoms with Crippen LogP contribution in [0.5, 0.6) is 5.75 Å². The highest BCUT2D eigenvalue weighted by atomic mass is 16.6. The maximum absolute atomic E-state index is 12.4. The molecule has 22 heavy (non-hydrogen) atoms. The molecule has 1 aliphatic heterocycles. The molecule has 1 aromatic carbocycles. The summed E-state index contributed by atoms with van der Waals surface area (Å²) in [7, 11) is 0. The quantitative estimate of drug-likeness (QED) is 0.614. The van der Waals surface area contributed by atoms with Crippen molar-refractivity contribution in [2.75, 3.05) is 19.7 Å². The van der Waals surface area contributed by atoms with Gasteiger partial charge < -0.3 is 9.64 Å². The molecule has 0 aromatic heterocycles. The summed E-state index contributed by atoms with van der Waals surface area (Å²) in [5.41, 5.74) is 0.0253. The topological polar surface area (TPSA) is 89.8 Å². The fourth-order valence-corrected chi connectivity index (χ4v) is 2.27. The lowest BCUT2D eigenvalue weighted by molar-refractivity contribution is -0.385. The number of nitrogens with zero attached hydrogens (tertiary/aromatic N) is 2. The molecule has 0 unspecified atom stereocenters. The van der Waals surface area contributed by atoms with Crippen LogP contribution in [0.4, 0.5) is 5.69 Å². The van der Waals surface area contributed by atoms with E-state index in [0.29, 0.717) is 32.5 Å². The predicted molar refractivity (Wildman–Crippen MR) is 79.0 cm³/mol. The van der Waals surface area contributed by atoms with Crippen molar-refractivity contribution in [3.8, 4) is 5.75 Å². The Kier molecular flexibility index (Phi) is 5.08.